The Morgan fingerprint density at radius 3 is 2.62 bits per heavy atom. The molecule has 0 aromatic heterocycles. The maximum atomic E-state index is 15.2. The fourth-order valence-electron chi connectivity index (χ4n) is 5.48. The van der Waals surface area contributed by atoms with Gasteiger partial charge in [-0.15, -0.1) is 0 Å². The molecule has 1 saturated heterocycles. The van der Waals surface area contributed by atoms with Crippen molar-refractivity contribution in [2.24, 2.45) is 11.8 Å². The van der Waals surface area contributed by atoms with E-state index in [2.05, 4.69) is 24.5 Å². The van der Waals surface area contributed by atoms with Gasteiger partial charge in [0.15, 0.2) is 11.6 Å². The minimum absolute atomic E-state index is 0.0157. The van der Waals surface area contributed by atoms with Crippen LogP contribution in [0.2, 0.25) is 0 Å². The van der Waals surface area contributed by atoms with Gasteiger partial charge in [0.2, 0.25) is 0 Å². The number of rotatable bonds is 13. The maximum Gasteiger partial charge on any atom is 0.317 e. The molecule has 0 aliphatic carbocycles. The summed E-state index contributed by atoms with van der Waals surface area (Å²) in [6, 6.07) is 10.2. The summed E-state index contributed by atoms with van der Waals surface area (Å²) in [6.45, 7) is 5.51. The van der Waals surface area contributed by atoms with E-state index in [9.17, 15) is 19.4 Å². The molecule has 0 unspecified atom stereocenters. The van der Waals surface area contributed by atoms with E-state index in [-0.39, 0.29) is 43.0 Å². The van der Waals surface area contributed by atoms with Crippen molar-refractivity contribution >= 4 is 6.03 Å². The molecule has 0 bridgehead atoms. The highest BCUT2D eigenvalue weighted by molar-refractivity contribution is 5.74. The number of piperidine rings is 1. The number of nitrogens with one attached hydrogen (secondary N) is 2. The zero-order valence-corrected chi connectivity index (χ0v) is 23.3. The number of likely N-dealkylation sites (tertiary alicyclic amines) is 1. The first-order valence-corrected chi connectivity index (χ1v) is 13.9. The van der Waals surface area contributed by atoms with Crippen LogP contribution in [0.3, 0.4) is 0 Å². The van der Waals surface area contributed by atoms with E-state index < -0.39 is 23.2 Å². The second kappa shape index (κ2) is 14.6. The van der Waals surface area contributed by atoms with Crippen molar-refractivity contribution in [1.29, 1.82) is 0 Å². The van der Waals surface area contributed by atoms with Gasteiger partial charge in [0.25, 0.3) is 0 Å². The first-order valence-electron chi connectivity index (χ1n) is 13.9. The Bertz CT molecular complexity index is 1060. The Morgan fingerprint density at radius 1 is 1.21 bits per heavy atom. The van der Waals surface area contributed by atoms with Crippen LogP contribution in [0.1, 0.15) is 57.9 Å². The average Bonchev–Trinajstić information content (AvgIpc) is 2.90. The molecule has 2 aromatic rings. The number of aliphatic hydroxyl groups excluding tert-OH is 1. The quantitative estimate of drug-likeness (QED) is 0.260. The molecule has 0 spiro atoms. The molecule has 1 fully saturated rings. The summed E-state index contributed by atoms with van der Waals surface area (Å²) in [6.07, 6.45) is 3.02. The summed E-state index contributed by atoms with van der Waals surface area (Å²) in [5, 5.41) is 27.9. The predicted octanol–water partition coefficient (Wildman–Crippen LogP) is 5.16. The van der Waals surface area contributed by atoms with Gasteiger partial charge >= 0.3 is 6.03 Å². The van der Waals surface area contributed by atoms with Crippen LogP contribution >= 0.6 is 0 Å². The van der Waals surface area contributed by atoms with E-state index in [0.29, 0.717) is 50.4 Å². The van der Waals surface area contributed by atoms with Crippen LogP contribution in [-0.2, 0) is 5.60 Å². The fourth-order valence-corrected chi connectivity index (χ4v) is 5.48. The topological polar surface area (TPSA) is 94.1 Å². The van der Waals surface area contributed by atoms with Gasteiger partial charge in [-0.1, -0.05) is 32.0 Å². The zero-order chi connectivity index (χ0) is 28.4. The van der Waals surface area contributed by atoms with Crippen LogP contribution in [0, 0.1) is 23.5 Å². The van der Waals surface area contributed by atoms with Crippen LogP contribution < -0.4 is 15.4 Å². The molecular formula is C30H43F2N3O4. The molecular weight excluding hydrogens is 504 g/mol. The lowest BCUT2D eigenvalue weighted by Crippen LogP contribution is -2.54. The average molecular weight is 548 g/mol. The maximum absolute atomic E-state index is 15.2. The Hall–Kier alpha value is -2.75. The molecule has 0 radical (unpaired) electrons. The van der Waals surface area contributed by atoms with Crippen molar-refractivity contribution in [3.05, 3.63) is 59.7 Å². The summed E-state index contributed by atoms with van der Waals surface area (Å²) < 4.78 is 35.7. The minimum atomic E-state index is -1.69. The van der Waals surface area contributed by atoms with Crippen LogP contribution in [-0.4, -0.2) is 60.5 Å². The predicted molar refractivity (Wildman–Crippen MR) is 148 cm³/mol. The molecule has 3 atom stereocenters. The second-order valence-corrected chi connectivity index (χ2v) is 10.9. The number of urea groups is 1. The van der Waals surface area contributed by atoms with Crippen molar-refractivity contribution in [3.8, 4) is 11.5 Å². The number of carbonyl (C=O) groups excluding carboxylic acids is 1. The number of hydrogen-bond acceptors (Lipinski definition) is 5. The number of aliphatic hydroxyl groups is 2. The third-order valence-corrected chi connectivity index (χ3v) is 7.32. The first-order chi connectivity index (χ1) is 18.7. The number of ether oxygens (including phenoxy) is 1. The molecule has 9 heteroatoms. The van der Waals surface area contributed by atoms with Gasteiger partial charge in [-0.2, -0.15) is 0 Å². The Labute approximate surface area is 230 Å². The molecule has 1 aliphatic rings. The number of hydrogen-bond donors (Lipinski definition) is 4. The summed E-state index contributed by atoms with van der Waals surface area (Å²) in [5.41, 5.74) is -1.68. The van der Waals surface area contributed by atoms with Crippen molar-refractivity contribution in [1.82, 2.24) is 15.5 Å². The lowest BCUT2D eigenvalue weighted by atomic mass is 9.73. The molecule has 0 saturated carbocycles. The van der Waals surface area contributed by atoms with Gasteiger partial charge < -0.3 is 30.5 Å². The van der Waals surface area contributed by atoms with E-state index in [4.69, 9.17) is 4.74 Å². The SMILES string of the molecule is CNC[C@H](CC(C)C)NC(=O)N1CCC[C@@H]([C@@](O)(CCCCO)c2cc(F)cc(F)c2Oc2ccccc2)C1. The lowest BCUT2D eigenvalue weighted by molar-refractivity contribution is -0.0577. The molecule has 1 aliphatic heterocycles. The number of unbranched alkanes of at least 4 members (excludes halogenated alkanes) is 1. The number of amides is 2. The third-order valence-electron chi connectivity index (χ3n) is 7.32. The second-order valence-electron chi connectivity index (χ2n) is 10.9. The van der Waals surface area contributed by atoms with Crippen molar-refractivity contribution in [2.75, 3.05) is 33.3 Å². The summed E-state index contributed by atoms with van der Waals surface area (Å²) in [5.74, 6) is -1.71. The number of benzene rings is 2. The van der Waals surface area contributed by atoms with Crippen LogP contribution in [0.15, 0.2) is 42.5 Å². The normalized spacial score (nSPS) is 18.1. The highest BCUT2D eigenvalue weighted by atomic mass is 19.1. The minimum Gasteiger partial charge on any atom is -0.454 e. The highest BCUT2D eigenvalue weighted by Gasteiger charge is 2.44. The van der Waals surface area contributed by atoms with E-state index >= 15 is 4.39 Å². The molecule has 2 aromatic carbocycles. The van der Waals surface area contributed by atoms with Gasteiger partial charge in [-0.25, -0.2) is 13.6 Å². The largest absolute Gasteiger partial charge is 0.454 e. The van der Waals surface area contributed by atoms with E-state index in [0.717, 1.165) is 18.6 Å². The number of para-hydroxylation sites is 1. The highest BCUT2D eigenvalue weighted by Crippen LogP contribution is 2.45. The van der Waals surface area contributed by atoms with Crippen molar-refractivity contribution in [2.45, 2.75) is 64.0 Å². The molecule has 39 heavy (non-hydrogen) atoms. The fraction of sp³-hybridized carbons (Fsp3) is 0.567. The number of likely N-dealkylation sites (N-methyl/N-ethyl adjacent to an activating group) is 1. The van der Waals surface area contributed by atoms with E-state index in [1.807, 2.05) is 7.05 Å². The lowest BCUT2D eigenvalue weighted by Gasteiger charge is -2.43. The Morgan fingerprint density at radius 2 is 1.95 bits per heavy atom. The Kier molecular flexibility index (Phi) is 11.5. The van der Waals surface area contributed by atoms with Crippen LogP contribution in [0.5, 0.6) is 11.5 Å². The summed E-state index contributed by atoms with van der Waals surface area (Å²) in [7, 11) is 1.84. The summed E-state index contributed by atoms with van der Waals surface area (Å²) in [4.78, 5) is 15.0. The molecule has 1 heterocycles. The van der Waals surface area contributed by atoms with Gasteiger partial charge in [-0.05, 0) is 69.7 Å². The molecule has 216 valence electrons. The number of halogens is 2. The van der Waals surface area contributed by atoms with Crippen molar-refractivity contribution in [3.63, 3.8) is 0 Å². The molecule has 2 amide bonds. The van der Waals surface area contributed by atoms with E-state index in [1.165, 1.54) is 0 Å². The van der Waals surface area contributed by atoms with Crippen molar-refractivity contribution < 1.29 is 28.5 Å². The summed E-state index contributed by atoms with van der Waals surface area (Å²) >= 11 is 0. The van der Waals surface area contributed by atoms with Gasteiger partial charge in [0.1, 0.15) is 11.6 Å². The monoisotopic (exact) mass is 547 g/mol. The third kappa shape index (κ3) is 8.37. The standard InChI is InChI=1S/C30H43F2N3O4/c1-21(2)16-24(19-33-3)34-29(37)35-14-9-10-22(20-35)30(38,13-7-8-15-36)26-17-23(31)18-27(32)28(26)39-25-11-5-4-6-12-25/h4-6,11-12,17-18,21-22,24,33,36,38H,7-10,13-16,19-20H2,1-3H3,(H,34,37)/t22-,24+,30+/m1/s1. The zero-order valence-electron chi connectivity index (χ0n) is 23.3. The van der Waals surface area contributed by atoms with Crippen LogP contribution in [0.4, 0.5) is 13.6 Å². The number of nitrogens with zero attached hydrogens (tertiary/aromatic N) is 1. The van der Waals surface area contributed by atoms with Crippen LogP contribution in [0.25, 0.3) is 0 Å². The smallest absolute Gasteiger partial charge is 0.317 e. The molecule has 4 N–H and O–H groups in total. The molecule has 3 rings (SSSR count). The Balaban J connectivity index is 1.93. The van der Waals surface area contributed by atoms with Gasteiger partial charge in [0.05, 0.1) is 5.60 Å². The number of carbonyl (C=O) groups is 1. The van der Waals surface area contributed by atoms with Gasteiger partial charge in [-0.3, -0.25) is 0 Å². The van der Waals surface area contributed by atoms with Gasteiger partial charge in [0, 0.05) is 49.8 Å². The first kappa shape index (κ1) is 30.8. The molecule has 7 nitrogen and oxygen atoms in total. The van der Waals surface area contributed by atoms with E-state index in [1.54, 1.807) is 35.2 Å².